The summed E-state index contributed by atoms with van der Waals surface area (Å²) >= 11 is 0. The largest absolute Gasteiger partial charge is 0.371 e. The number of aromatic nitrogens is 1. The molecule has 0 spiro atoms. The number of nitrogens with zero attached hydrogens (tertiary/aromatic N) is 2. The second-order valence-electron chi connectivity index (χ2n) is 6.73. The number of amides is 1. The molecule has 2 aliphatic heterocycles. The number of carbonyl (C=O) groups is 1. The molecule has 3 atom stereocenters. The summed E-state index contributed by atoms with van der Waals surface area (Å²) in [5, 5.41) is 2.81. The molecule has 1 aromatic carbocycles. The molecule has 2 fully saturated rings. The van der Waals surface area contributed by atoms with Gasteiger partial charge in [-0.2, -0.15) is 0 Å². The zero-order chi connectivity index (χ0) is 18.1. The molecule has 0 aliphatic carbocycles. The third-order valence-electron chi connectivity index (χ3n) is 4.95. The van der Waals surface area contributed by atoms with Crippen LogP contribution in [0.5, 0.6) is 0 Å². The van der Waals surface area contributed by atoms with Crippen LogP contribution < -0.4 is 5.32 Å². The van der Waals surface area contributed by atoms with Crippen LogP contribution in [0.4, 0.5) is 8.78 Å². The van der Waals surface area contributed by atoms with Crippen molar-refractivity contribution in [1.82, 2.24) is 15.2 Å². The Balaban J connectivity index is 1.38. The molecule has 0 bridgehead atoms. The summed E-state index contributed by atoms with van der Waals surface area (Å²) in [6, 6.07) is 10.8. The van der Waals surface area contributed by atoms with Gasteiger partial charge in [0.05, 0.1) is 18.9 Å². The highest BCUT2D eigenvalue weighted by Crippen LogP contribution is 2.30. The van der Waals surface area contributed by atoms with Crippen LogP contribution >= 0.6 is 0 Å². The monoisotopic (exact) mass is 359 g/mol. The second kappa shape index (κ2) is 7.09. The molecular weight excluding hydrogens is 340 g/mol. The minimum Gasteiger partial charge on any atom is -0.371 e. The standard InChI is InChI=1S/C19H19F2N3O2/c20-13-6-16(21)18(22-8-13)19(25)23-14-7-15-11-26-17(10-24(15)9-14)12-4-2-1-3-5-12/h1-6,8,14-15,17H,7,9-11H2,(H,23,25)/t14-,15+,17-/m1/s1. The summed E-state index contributed by atoms with van der Waals surface area (Å²) in [7, 11) is 0. The van der Waals surface area contributed by atoms with E-state index in [0.717, 1.165) is 24.7 Å². The Kier molecular flexibility index (Phi) is 4.65. The first kappa shape index (κ1) is 17.1. The smallest absolute Gasteiger partial charge is 0.273 e. The molecular formula is C19H19F2N3O2. The van der Waals surface area contributed by atoms with Crippen LogP contribution in [0.3, 0.4) is 0 Å². The van der Waals surface area contributed by atoms with Gasteiger partial charge in [0.15, 0.2) is 11.5 Å². The average molecular weight is 359 g/mol. The maximum atomic E-state index is 13.7. The maximum Gasteiger partial charge on any atom is 0.273 e. The number of nitrogens with one attached hydrogen (secondary N) is 1. The first-order chi connectivity index (χ1) is 12.6. The highest BCUT2D eigenvalue weighted by molar-refractivity contribution is 5.92. The molecule has 1 N–H and O–H groups in total. The van der Waals surface area contributed by atoms with Crippen LogP contribution in [0.2, 0.25) is 0 Å². The van der Waals surface area contributed by atoms with E-state index in [1.54, 1.807) is 0 Å². The SMILES string of the molecule is O=C(N[C@@H]1C[C@H]2CO[C@@H](c3ccccc3)CN2C1)c1ncc(F)cc1F. The van der Waals surface area contributed by atoms with Crippen LogP contribution in [-0.4, -0.2) is 47.6 Å². The lowest BCUT2D eigenvalue weighted by Crippen LogP contribution is -2.43. The number of morpholine rings is 1. The van der Waals surface area contributed by atoms with Crippen molar-refractivity contribution in [2.75, 3.05) is 19.7 Å². The summed E-state index contributed by atoms with van der Waals surface area (Å²) in [5.74, 6) is -2.38. The van der Waals surface area contributed by atoms with Gasteiger partial charge in [0.2, 0.25) is 0 Å². The van der Waals surface area contributed by atoms with Crippen molar-refractivity contribution in [3.8, 4) is 0 Å². The Morgan fingerprint density at radius 2 is 2.04 bits per heavy atom. The number of hydrogen-bond donors (Lipinski definition) is 1. The van der Waals surface area contributed by atoms with E-state index >= 15 is 0 Å². The molecule has 3 heterocycles. The van der Waals surface area contributed by atoms with E-state index in [1.807, 2.05) is 30.3 Å². The van der Waals surface area contributed by atoms with Crippen LogP contribution in [0, 0.1) is 11.6 Å². The lowest BCUT2D eigenvalue weighted by atomic mass is 10.1. The third kappa shape index (κ3) is 3.45. The fraction of sp³-hybridized carbons (Fsp3) is 0.368. The fourth-order valence-corrected chi connectivity index (χ4v) is 3.68. The predicted octanol–water partition coefficient (Wildman–Crippen LogP) is 2.30. The molecule has 2 saturated heterocycles. The van der Waals surface area contributed by atoms with Gasteiger partial charge in [0, 0.05) is 31.2 Å². The minimum atomic E-state index is -0.953. The topological polar surface area (TPSA) is 54.5 Å². The Morgan fingerprint density at radius 3 is 2.81 bits per heavy atom. The zero-order valence-electron chi connectivity index (χ0n) is 14.1. The Hall–Kier alpha value is -2.38. The summed E-state index contributed by atoms with van der Waals surface area (Å²) in [5.41, 5.74) is 0.755. The summed E-state index contributed by atoms with van der Waals surface area (Å²) < 4.78 is 32.6. The molecule has 1 amide bonds. The van der Waals surface area contributed by atoms with Crippen LogP contribution in [0.1, 0.15) is 28.6 Å². The van der Waals surface area contributed by atoms with Gasteiger partial charge in [0.25, 0.3) is 5.91 Å². The summed E-state index contributed by atoms with van der Waals surface area (Å²) in [4.78, 5) is 18.1. The first-order valence-corrected chi connectivity index (χ1v) is 8.62. The molecule has 2 aromatic rings. The number of pyridine rings is 1. The number of rotatable bonds is 3. The zero-order valence-corrected chi connectivity index (χ0v) is 14.1. The van der Waals surface area contributed by atoms with E-state index in [4.69, 9.17) is 4.74 Å². The Labute approximate surface area is 150 Å². The predicted molar refractivity (Wildman–Crippen MR) is 90.5 cm³/mol. The van der Waals surface area contributed by atoms with Crippen molar-refractivity contribution in [2.45, 2.75) is 24.6 Å². The van der Waals surface area contributed by atoms with E-state index in [0.29, 0.717) is 19.2 Å². The number of halogens is 2. The van der Waals surface area contributed by atoms with Crippen molar-refractivity contribution in [3.05, 3.63) is 65.5 Å². The summed E-state index contributed by atoms with van der Waals surface area (Å²) in [6.07, 6.45) is 1.59. The highest BCUT2D eigenvalue weighted by Gasteiger charge is 2.38. The van der Waals surface area contributed by atoms with E-state index in [1.165, 1.54) is 0 Å². The number of carbonyl (C=O) groups excluding carboxylic acids is 1. The van der Waals surface area contributed by atoms with Crippen molar-refractivity contribution >= 4 is 5.91 Å². The van der Waals surface area contributed by atoms with E-state index in [9.17, 15) is 13.6 Å². The van der Waals surface area contributed by atoms with Crippen molar-refractivity contribution in [2.24, 2.45) is 0 Å². The van der Waals surface area contributed by atoms with Gasteiger partial charge in [-0.25, -0.2) is 13.8 Å². The van der Waals surface area contributed by atoms with E-state index < -0.39 is 17.5 Å². The Morgan fingerprint density at radius 1 is 1.23 bits per heavy atom. The minimum absolute atomic E-state index is 0.0121. The normalized spacial score (nSPS) is 25.7. The lowest BCUT2D eigenvalue weighted by Gasteiger charge is -2.35. The van der Waals surface area contributed by atoms with Gasteiger partial charge in [0.1, 0.15) is 5.82 Å². The van der Waals surface area contributed by atoms with Gasteiger partial charge in [-0.3, -0.25) is 9.69 Å². The molecule has 2 aliphatic rings. The van der Waals surface area contributed by atoms with Gasteiger partial charge in [-0.15, -0.1) is 0 Å². The van der Waals surface area contributed by atoms with Gasteiger partial charge in [-0.05, 0) is 12.0 Å². The molecule has 0 radical (unpaired) electrons. The quantitative estimate of drug-likeness (QED) is 0.914. The van der Waals surface area contributed by atoms with Crippen molar-refractivity contribution < 1.29 is 18.3 Å². The van der Waals surface area contributed by atoms with Crippen LogP contribution in [-0.2, 0) is 4.74 Å². The number of benzene rings is 1. The summed E-state index contributed by atoms with van der Waals surface area (Å²) in [6.45, 7) is 2.02. The second-order valence-corrected chi connectivity index (χ2v) is 6.73. The van der Waals surface area contributed by atoms with Crippen LogP contribution in [0.25, 0.3) is 0 Å². The molecule has 1 aromatic heterocycles. The molecule has 4 rings (SSSR count). The van der Waals surface area contributed by atoms with Gasteiger partial charge in [-0.1, -0.05) is 30.3 Å². The number of ether oxygens (including phenoxy) is 1. The third-order valence-corrected chi connectivity index (χ3v) is 4.95. The van der Waals surface area contributed by atoms with Gasteiger partial charge < -0.3 is 10.1 Å². The molecule has 26 heavy (non-hydrogen) atoms. The highest BCUT2D eigenvalue weighted by atomic mass is 19.1. The molecule has 0 unspecified atom stereocenters. The van der Waals surface area contributed by atoms with E-state index in [-0.39, 0.29) is 23.9 Å². The average Bonchev–Trinajstić information content (AvgIpc) is 3.03. The molecule has 0 saturated carbocycles. The lowest BCUT2D eigenvalue weighted by molar-refractivity contribution is -0.0502. The maximum absolute atomic E-state index is 13.7. The van der Waals surface area contributed by atoms with Gasteiger partial charge >= 0.3 is 0 Å². The molecule has 7 heteroatoms. The number of fused-ring (bicyclic) bond motifs is 1. The van der Waals surface area contributed by atoms with Crippen LogP contribution in [0.15, 0.2) is 42.6 Å². The van der Waals surface area contributed by atoms with Crippen molar-refractivity contribution in [3.63, 3.8) is 0 Å². The van der Waals surface area contributed by atoms with Crippen molar-refractivity contribution in [1.29, 1.82) is 0 Å². The fourth-order valence-electron chi connectivity index (χ4n) is 3.68. The first-order valence-electron chi connectivity index (χ1n) is 8.62. The molecule has 5 nitrogen and oxygen atoms in total. The van der Waals surface area contributed by atoms with E-state index in [2.05, 4.69) is 15.2 Å². The Bertz CT molecular complexity index is 803. The number of hydrogen-bond acceptors (Lipinski definition) is 4. The molecule has 136 valence electrons.